The van der Waals surface area contributed by atoms with E-state index >= 15 is 0 Å². The van der Waals surface area contributed by atoms with E-state index in [4.69, 9.17) is 0 Å². The Labute approximate surface area is 125 Å². The molecule has 0 spiro atoms. The molecule has 0 N–H and O–H groups in total. The third-order valence-corrected chi connectivity index (χ3v) is 3.81. The molecule has 1 unspecified atom stereocenters. The molecule has 1 aliphatic carbocycles. The fraction of sp³-hybridized carbons (Fsp3) is 0.267. The monoisotopic (exact) mass is 332 g/mol. The van der Waals surface area contributed by atoms with Crippen LogP contribution in [0, 0.1) is 21.4 Å². The van der Waals surface area contributed by atoms with Crippen molar-refractivity contribution in [2.75, 3.05) is 5.33 Å². The third-order valence-electron chi connectivity index (χ3n) is 3.41. The Morgan fingerprint density at radius 2 is 2.05 bits per heavy atom. The minimum absolute atomic E-state index is 0.142. The Morgan fingerprint density at radius 1 is 1.35 bits per heavy atom. The van der Waals surface area contributed by atoms with Crippen LogP contribution in [0.25, 0.3) is 5.57 Å². The van der Waals surface area contributed by atoms with Crippen molar-refractivity contribution in [2.24, 2.45) is 0 Å². The molecule has 0 aliphatic heterocycles. The lowest BCUT2D eigenvalue weighted by Gasteiger charge is -2.25. The number of nitrogens with zero attached hydrogens (tertiary/aromatic N) is 2. The summed E-state index contributed by atoms with van der Waals surface area (Å²) in [5, 5.41) is 21.7. The molecule has 102 valence electrons. The normalized spacial score (nSPS) is 21.6. The number of allylic oxidation sites excluding steroid dienone is 2. The Morgan fingerprint density at radius 3 is 2.60 bits per heavy atom. The van der Waals surface area contributed by atoms with E-state index in [0.717, 1.165) is 16.5 Å². The molecule has 4 nitrogen and oxygen atoms in total. The molecule has 1 aliphatic rings. The summed E-state index contributed by atoms with van der Waals surface area (Å²) in [5.41, 5.74) is 0.414. The quantitative estimate of drug-likeness (QED) is 0.479. The van der Waals surface area contributed by atoms with Crippen LogP contribution < -0.4 is 0 Å². The van der Waals surface area contributed by atoms with Gasteiger partial charge in [-0.2, -0.15) is 5.26 Å². The van der Waals surface area contributed by atoms with Crippen molar-refractivity contribution in [3.05, 3.63) is 63.7 Å². The molecule has 0 fully saturated rings. The van der Waals surface area contributed by atoms with Gasteiger partial charge in [-0.05, 0) is 12.0 Å². The lowest BCUT2D eigenvalue weighted by atomic mass is 9.77. The summed E-state index contributed by atoms with van der Waals surface area (Å²) in [6, 6.07) is 11.0. The largest absolute Gasteiger partial charge is 0.334 e. The lowest BCUT2D eigenvalue weighted by molar-refractivity contribution is -0.533. The standard InChI is InChI=1S/C15H13BrN2O2/c16-9-8-12-6-7-14(13-4-2-1-3-5-13)15(10-12,11-17)18(19)20/h1-7H,8-10H2. The van der Waals surface area contributed by atoms with Gasteiger partial charge in [0.05, 0.1) is 12.0 Å². The Balaban J connectivity index is 2.55. The zero-order valence-electron chi connectivity index (χ0n) is 10.8. The zero-order valence-corrected chi connectivity index (χ0v) is 12.3. The third kappa shape index (κ3) is 2.52. The smallest absolute Gasteiger partial charge is 0.262 e. The van der Waals surface area contributed by atoms with Crippen molar-refractivity contribution in [2.45, 2.75) is 18.4 Å². The van der Waals surface area contributed by atoms with E-state index in [1.807, 2.05) is 30.3 Å². The van der Waals surface area contributed by atoms with Crippen LogP contribution in [-0.2, 0) is 0 Å². The van der Waals surface area contributed by atoms with E-state index in [0.29, 0.717) is 12.0 Å². The number of halogens is 1. The molecule has 2 rings (SSSR count). The summed E-state index contributed by atoms with van der Waals surface area (Å²) in [6.45, 7) is 0. The molecular formula is C15H13BrN2O2. The first-order chi connectivity index (χ1) is 9.64. The predicted octanol–water partition coefficient (Wildman–Crippen LogP) is 3.72. The van der Waals surface area contributed by atoms with Crippen molar-refractivity contribution in [1.82, 2.24) is 0 Å². The number of benzene rings is 1. The van der Waals surface area contributed by atoms with Gasteiger partial charge < -0.3 is 0 Å². The molecule has 1 aromatic rings. The first-order valence-corrected chi connectivity index (χ1v) is 7.33. The highest BCUT2D eigenvalue weighted by Crippen LogP contribution is 2.39. The predicted molar refractivity (Wildman–Crippen MR) is 80.9 cm³/mol. The highest BCUT2D eigenvalue weighted by Gasteiger charge is 2.49. The van der Waals surface area contributed by atoms with Crippen molar-refractivity contribution in [1.29, 1.82) is 5.26 Å². The SMILES string of the molecule is N#CC1([N+](=O)[O-])CC(CCBr)=CC=C1c1ccccc1. The van der Waals surface area contributed by atoms with Gasteiger partial charge >= 0.3 is 5.54 Å². The second-order valence-corrected chi connectivity index (χ2v) is 5.41. The molecule has 0 bridgehead atoms. The molecule has 5 heteroatoms. The summed E-state index contributed by atoms with van der Waals surface area (Å²) in [6.07, 6.45) is 4.45. The maximum Gasteiger partial charge on any atom is 0.334 e. The van der Waals surface area contributed by atoms with Gasteiger partial charge in [0, 0.05) is 10.3 Å². The van der Waals surface area contributed by atoms with E-state index in [9.17, 15) is 15.4 Å². The minimum atomic E-state index is -1.69. The molecule has 0 aromatic heterocycles. The van der Waals surface area contributed by atoms with E-state index < -0.39 is 10.5 Å². The summed E-state index contributed by atoms with van der Waals surface area (Å²) >= 11 is 3.33. The van der Waals surface area contributed by atoms with Gasteiger partial charge in [0.15, 0.2) is 6.07 Å². The van der Waals surface area contributed by atoms with Crippen LogP contribution >= 0.6 is 15.9 Å². The van der Waals surface area contributed by atoms with Gasteiger partial charge in [0.1, 0.15) is 0 Å². The molecule has 0 saturated heterocycles. The fourth-order valence-electron chi connectivity index (χ4n) is 2.37. The number of nitriles is 1. The molecule has 20 heavy (non-hydrogen) atoms. The van der Waals surface area contributed by atoms with Crippen LogP contribution in [-0.4, -0.2) is 15.8 Å². The Kier molecular flexibility index (Phi) is 4.35. The van der Waals surface area contributed by atoms with Crippen LogP contribution in [0.2, 0.25) is 0 Å². The van der Waals surface area contributed by atoms with Crippen molar-refractivity contribution >= 4 is 21.5 Å². The lowest BCUT2D eigenvalue weighted by Crippen LogP contribution is -2.39. The van der Waals surface area contributed by atoms with Crippen LogP contribution in [0.4, 0.5) is 0 Å². The highest BCUT2D eigenvalue weighted by molar-refractivity contribution is 9.09. The number of alkyl halides is 1. The average molecular weight is 333 g/mol. The van der Waals surface area contributed by atoms with E-state index in [-0.39, 0.29) is 6.42 Å². The van der Waals surface area contributed by atoms with E-state index in [2.05, 4.69) is 15.9 Å². The van der Waals surface area contributed by atoms with E-state index in [1.54, 1.807) is 18.2 Å². The fourth-order valence-corrected chi connectivity index (χ4v) is 2.88. The van der Waals surface area contributed by atoms with Crippen molar-refractivity contribution in [3.8, 4) is 6.07 Å². The average Bonchev–Trinajstić information content (AvgIpc) is 2.48. The molecular weight excluding hydrogens is 320 g/mol. The maximum atomic E-state index is 11.5. The molecule has 0 amide bonds. The first kappa shape index (κ1) is 14.5. The number of hydrogen-bond acceptors (Lipinski definition) is 3. The zero-order chi connectivity index (χ0) is 14.6. The van der Waals surface area contributed by atoms with Gasteiger partial charge in [-0.15, -0.1) is 0 Å². The summed E-state index contributed by atoms with van der Waals surface area (Å²) in [7, 11) is 0. The van der Waals surface area contributed by atoms with Crippen LogP contribution in [0.5, 0.6) is 0 Å². The Bertz CT molecular complexity index is 617. The molecule has 1 atom stereocenters. The number of hydrogen-bond donors (Lipinski definition) is 0. The number of rotatable bonds is 4. The molecule has 1 aromatic carbocycles. The van der Waals surface area contributed by atoms with Gasteiger partial charge in [0.2, 0.25) is 0 Å². The second kappa shape index (κ2) is 6.02. The van der Waals surface area contributed by atoms with Crippen molar-refractivity contribution < 1.29 is 4.92 Å². The minimum Gasteiger partial charge on any atom is -0.262 e. The second-order valence-electron chi connectivity index (χ2n) is 4.62. The van der Waals surface area contributed by atoms with E-state index in [1.165, 1.54) is 0 Å². The van der Waals surface area contributed by atoms with Crippen molar-refractivity contribution in [3.63, 3.8) is 0 Å². The maximum absolute atomic E-state index is 11.5. The van der Waals surface area contributed by atoms with Gasteiger partial charge in [-0.3, -0.25) is 10.1 Å². The summed E-state index contributed by atoms with van der Waals surface area (Å²) in [4.78, 5) is 11.1. The first-order valence-electron chi connectivity index (χ1n) is 6.21. The number of nitro groups is 1. The molecule has 0 saturated carbocycles. The van der Waals surface area contributed by atoms with Crippen LogP contribution in [0.15, 0.2) is 48.1 Å². The van der Waals surface area contributed by atoms with Gasteiger partial charge in [-0.25, -0.2) is 0 Å². The van der Waals surface area contributed by atoms with Crippen LogP contribution in [0.3, 0.4) is 0 Å². The topological polar surface area (TPSA) is 66.9 Å². The van der Waals surface area contributed by atoms with Gasteiger partial charge in [-0.1, -0.05) is 64.0 Å². The highest BCUT2D eigenvalue weighted by atomic mass is 79.9. The summed E-state index contributed by atoms with van der Waals surface area (Å²) in [5.74, 6) is 0. The van der Waals surface area contributed by atoms with Crippen LogP contribution in [0.1, 0.15) is 18.4 Å². The van der Waals surface area contributed by atoms with Gasteiger partial charge in [0.25, 0.3) is 0 Å². The molecule has 0 radical (unpaired) electrons. The summed E-state index contributed by atoms with van der Waals surface area (Å²) < 4.78 is 0. The molecule has 0 heterocycles. The Hall–Kier alpha value is -1.93.